The van der Waals surface area contributed by atoms with E-state index in [0.29, 0.717) is 56.1 Å². The third-order valence-corrected chi connectivity index (χ3v) is 6.76. The van der Waals surface area contributed by atoms with Crippen molar-refractivity contribution in [2.45, 2.75) is 44.2 Å². The number of hydrogen-bond acceptors (Lipinski definition) is 7. The summed E-state index contributed by atoms with van der Waals surface area (Å²) >= 11 is 0. The monoisotopic (exact) mass is 470 g/mol. The second-order valence-corrected chi connectivity index (χ2v) is 9.12. The Balaban J connectivity index is 1.47. The highest BCUT2D eigenvalue weighted by Gasteiger charge is 2.33. The minimum absolute atomic E-state index is 0.0628. The third-order valence-electron chi connectivity index (χ3n) is 6.76. The molecular formula is C24H31FN6O3. The molecule has 0 spiro atoms. The van der Waals surface area contributed by atoms with Crippen LogP contribution in [0.3, 0.4) is 0 Å². The number of amides is 2. The lowest BCUT2D eigenvalue weighted by molar-refractivity contribution is -0.129. The molecule has 0 saturated carbocycles. The van der Waals surface area contributed by atoms with Crippen molar-refractivity contribution in [2.24, 2.45) is 5.73 Å². The van der Waals surface area contributed by atoms with Gasteiger partial charge < -0.3 is 26.0 Å². The van der Waals surface area contributed by atoms with E-state index in [1.807, 2.05) is 0 Å². The number of rotatable bonds is 5. The fourth-order valence-corrected chi connectivity index (χ4v) is 4.47. The van der Waals surface area contributed by atoms with Gasteiger partial charge in [0.25, 0.3) is 5.91 Å². The van der Waals surface area contributed by atoms with E-state index in [0.717, 1.165) is 19.0 Å². The first-order valence-corrected chi connectivity index (χ1v) is 11.6. The van der Waals surface area contributed by atoms with Gasteiger partial charge in [-0.2, -0.15) is 0 Å². The highest BCUT2D eigenvalue weighted by molar-refractivity contribution is 5.95. The number of anilines is 1. The zero-order valence-corrected chi connectivity index (χ0v) is 19.3. The van der Waals surface area contributed by atoms with E-state index in [-0.39, 0.29) is 30.1 Å². The highest BCUT2D eigenvalue weighted by Crippen LogP contribution is 2.26. The van der Waals surface area contributed by atoms with Gasteiger partial charge in [0, 0.05) is 56.8 Å². The van der Waals surface area contributed by atoms with Crippen LogP contribution in [0.5, 0.6) is 0 Å². The van der Waals surface area contributed by atoms with Gasteiger partial charge in [0.15, 0.2) is 5.82 Å². The second-order valence-electron chi connectivity index (χ2n) is 9.12. The molecule has 4 rings (SSSR count). The van der Waals surface area contributed by atoms with E-state index in [9.17, 15) is 19.1 Å². The lowest BCUT2D eigenvalue weighted by atomic mass is 9.91. The molecule has 2 fully saturated rings. The average Bonchev–Trinajstić information content (AvgIpc) is 2.85. The van der Waals surface area contributed by atoms with Crippen LogP contribution < -0.4 is 11.1 Å². The van der Waals surface area contributed by atoms with E-state index in [2.05, 4.69) is 15.3 Å². The van der Waals surface area contributed by atoms with Crippen molar-refractivity contribution in [1.82, 2.24) is 19.8 Å². The van der Waals surface area contributed by atoms with Crippen molar-refractivity contribution >= 4 is 17.8 Å². The molecule has 0 radical (unpaired) electrons. The Morgan fingerprint density at radius 2 is 1.91 bits per heavy atom. The molecule has 1 aromatic heterocycles. The molecule has 10 heteroatoms. The van der Waals surface area contributed by atoms with Crippen LogP contribution in [0.25, 0.3) is 11.3 Å². The standard InChI is InChI=1S/C24H31FN6O3/c1-16(32)30-9-5-19(6-10-30)28-23-27-14-20(25)21(29-23)17-3-2-4-18(13-17)22(33)31-11-7-24(34,15-26)8-12-31/h2-4,13-14,19,34H,5-12,15,26H2,1H3,(H,27,28,29). The van der Waals surface area contributed by atoms with Crippen molar-refractivity contribution in [1.29, 1.82) is 0 Å². The number of aromatic nitrogens is 2. The molecule has 0 atom stereocenters. The molecule has 182 valence electrons. The average molecular weight is 471 g/mol. The molecule has 0 unspecified atom stereocenters. The molecule has 4 N–H and O–H groups in total. The number of nitrogens with two attached hydrogens (primary N) is 1. The van der Waals surface area contributed by atoms with Gasteiger partial charge in [-0.3, -0.25) is 9.59 Å². The number of nitrogens with zero attached hydrogens (tertiary/aromatic N) is 4. The first kappa shape index (κ1) is 24.0. The van der Waals surface area contributed by atoms with Crippen molar-refractivity contribution in [3.8, 4) is 11.3 Å². The molecule has 2 aliphatic heterocycles. The van der Waals surface area contributed by atoms with Gasteiger partial charge in [0.05, 0.1) is 11.8 Å². The molecule has 0 bridgehead atoms. The maximum Gasteiger partial charge on any atom is 0.253 e. The van der Waals surface area contributed by atoms with Crippen molar-refractivity contribution in [2.75, 3.05) is 38.0 Å². The molecule has 2 aliphatic rings. The zero-order valence-electron chi connectivity index (χ0n) is 19.3. The zero-order chi connectivity index (χ0) is 24.3. The van der Waals surface area contributed by atoms with Crippen LogP contribution in [0.1, 0.15) is 43.0 Å². The summed E-state index contributed by atoms with van der Waals surface area (Å²) in [6.45, 7) is 3.87. The molecule has 2 saturated heterocycles. The fraction of sp³-hybridized carbons (Fsp3) is 0.500. The van der Waals surface area contributed by atoms with Crippen molar-refractivity contribution in [3.05, 3.63) is 41.8 Å². The van der Waals surface area contributed by atoms with Crippen molar-refractivity contribution < 1.29 is 19.1 Å². The minimum atomic E-state index is -0.922. The summed E-state index contributed by atoms with van der Waals surface area (Å²) < 4.78 is 14.7. The number of carbonyl (C=O) groups excluding carboxylic acids is 2. The SMILES string of the molecule is CC(=O)N1CCC(Nc2ncc(F)c(-c3cccc(C(=O)N4CCC(O)(CN)CC4)c3)n2)CC1. The number of aliphatic hydroxyl groups is 1. The lowest BCUT2D eigenvalue weighted by Gasteiger charge is -2.37. The number of hydrogen-bond donors (Lipinski definition) is 3. The predicted molar refractivity (Wildman–Crippen MR) is 125 cm³/mol. The third kappa shape index (κ3) is 5.34. The van der Waals surface area contributed by atoms with Crippen molar-refractivity contribution in [3.63, 3.8) is 0 Å². The van der Waals surface area contributed by atoms with Gasteiger partial charge >= 0.3 is 0 Å². The van der Waals surface area contributed by atoms with Gasteiger partial charge in [-0.1, -0.05) is 12.1 Å². The van der Waals surface area contributed by atoms with Crippen LogP contribution in [-0.2, 0) is 4.79 Å². The van der Waals surface area contributed by atoms with Gasteiger partial charge in [-0.05, 0) is 37.8 Å². The van der Waals surface area contributed by atoms with Crippen LogP contribution in [-0.4, -0.2) is 81.1 Å². The van der Waals surface area contributed by atoms with Crippen LogP contribution in [0, 0.1) is 5.82 Å². The Morgan fingerprint density at radius 1 is 1.21 bits per heavy atom. The van der Waals surface area contributed by atoms with Gasteiger partial charge in [-0.25, -0.2) is 14.4 Å². The van der Waals surface area contributed by atoms with E-state index >= 15 is 0 Å². The number of halogens is 1. The summed E-state index contributed by atoms with van der Waals surface area (Å²) in [6, 6.07) is 6.83. The summed E-state index contributed by atoms with van der Waals surface area (Å²) in [5, 5.41) is 13.6. The Bertz CT molecular complexity index is 1050. The molecule has 9 nitrogen and oxygen atoms in total. The summed E-state index contributed by atoms with van der Waals surface area (Å²) in [5.74, 6) is -0.377. The summed E-state index contributed by atoms with van der Waals surface area (Å²) in [6.07, 6.45) is 3.50. The van der Waals surface area contributed by atoms with E-state index < -0.39 is 11.4 Å². The normalized spacial score (nSPS) is 18.6. The first-order valence-electron chi connectivity index (χ1n) is 11.6. The first-order chi connectivity index (χ1) is 16.3. The van der Waals surface area contributed by atoms with Gasteiger partial charge in [0.2, 0.25) is 11.9 Å². The molecule has 1 aromatic carbocycles. The predicted octanol–water partition coefficient (Wildman–Crippen LogP) is 1.63. The topological polar surface area (TPSA) is 125 Å². The summed E-state index contributed by atoms with van der Waals surface area (Å²) in [7, 11) is 0. The molecule has 0 aliphatic carbocycles. The number of nitrogens with one attached hydrogen (secondary N) is 1. The molecule has 2 aromatic rings. The minimum Gasteiger partial charge on any atom is -0.388 e. The van der Waals surface area contributed by atoms with Crippen LogP contribution in [0.4, 0.5) is 10.3 Å². The second kappa shape index (κ2) is 10.0. The number of benzene rings is 1. The maximum atomic E-state index is 14.7. The highest BCUT2D eigenvalue weighted by atomic mass is 19.1. The molecule has 3 heterocycles. The molecular weight excluding hydrogens is 439 g/mol. The number of carbonyl (C=O) groups is 2. The summed E-state index contributed by atoms with van der Waals surface area (Å²) in [5.41, 5.74) is 5.74. The fourth-order valence-electron chi connectivity index (χ4n) is 4.47. The van der Waals surface area contributed by atoms with Crippen LogP contribution in [0.15, 0.2) is 30.5 Å². The van der Waals surface area contributed by atoms with E-state index in [4.69, 9.17) is 5.73 Å². The number of piperidine rings is 2. The molecule has 2 amide bonds. The Hall–Kier alpha value is -3.11. The Kier molecular flexibility index (Phi) is 7.08. The van der Waals surface area contributed by atoms with Crippen LogP contribution in [0.2, 0.25) is 0 Å². The Morgan fingerprint density at radius 3 is 2.56 bits per heavy atom. The maximum absolute atomic E-state index is 14.7. The smallest absolute Gasteiger partial charge is 0.253 e. The largest absolute Gasteiger partial charge is 0.388 e. The molecule has 34 heavy (non-hydrogen) atoms. The lowest BCUT2D eigenvalue weighted by Crippen LogP contribution is -2.50. The number of likely N-dealkylation sites (tertiary alicyclic amines) is 2. The van der Waals surface area contributed by atoms with Gasteiger partial charge in [0.1, 0.15) is 5.69 Å². The van der Waals surface area contributed by atoms with Gasteiger partial charge in [-0.15, -0.1) is 0 Å². The quantitative estimate of drug-likeness (QED) is 0.607. The van der Waals surface area contributed by atoms with Crippen LogP contribution >= 0.6 is 0 Å². The Labute approximate surface area is 198 Å². The van der Waals surface area contributed by atoms with E-state index in [1.54, 1.807) is 41.0 Å². The summed E-state index contributed by atoms with van der Waals surface area (Å²) in [4.78, 5) is 36.5. The van der Waals surface area contributed by atoms with E-state index in [1.165, 1.54) is 0 Å².